The lowest BCUT2D eigenvalue weighted by Gasteiger charge is -2.33. The van der Waals surface area contributed by atoms with E-state index in [-0.39, 0.29) is 17.5 Å². The van der Waals surface area contributed by atoms with Crippen molar-refractivity contribution >= 4 is 11.7 Å². The Labute approximate surface area is 144 Å². The van der Waals surface area contributed by atoms with Gasteiger partial charge >= 0.3 is 0 Å². The van der Waals surface area contributed by atoms with Gasteiger partial charge in [0.25, 0.3) is 5.91 Å². The third-order valence-electron chi connectivity index (χ3n) is 5.13. The maximum Gasteiger partial charge on any atom is 0.286 e. The Morgan fingerprint density at radius 2 is 2.08 bits per heavy atom. The van der Waals surface area contributed by atoms with Crippen LogP contribution in [0.25, 0.3) is 0 Å². The van der Waals surface area contributed by atoms with E-state index in [0.29, 0.717) is 6.04 Å². The Kier molecular flexibility index (Phi) is 5.45. The second kappa shape index (κ2) is 7.03. The number of nitrogens with two attached hydrogens (primary N) is 1. The first-order valence-electron chi connectivity index (χ1n) is 8.37. The van der Waals surface area contributed by atoms with Gasteiger partial charge in [-0.15, -0.1) is 0 Å². The summed E-state index contributed by atoms with van der Waals surface area (Å²) in [7, 11) is 1.73. The number of methoxy groups -OCH3 is 1. The highest BCUT2D eigenvalue weighted by Crippen LogP contribution is 2.25. The first-order chi connectivity index (χ1) is 11.2. The van der Waals surface area contributed by atoms with Crippen LogP contribution in [-0.2, 0) is 4.74 Å². The summed E-state index contributed by atoms with van der Waals surface area (Å²) < 4.78 is 5.55. The third kappa shape index (κ3) is 3.84. The molecule has 7 nitrogen and oxygen atoms in total. The molecule has 2 heterocycles. The minimum atomic E-state index is -0.594. The van der Waals surface area contributed by atoms with Gasteiger partial charge in [0.2, 0.25) is 5.82 Å². The van der Waals surface area contributed by atoms with Gasteiger partial charge in [0.15, 0.2) is 0 Å². The lowest BCUT2D eigenvalue weighted by molar-refractivity contribution is -0.00746. The number of nitrogens with zero attached hydrogens (tertiary/aromatic N) is 3. The summed E-state index contributed by atoms with van der Waals surface area (Å²) >= 11 is 0. The second-order valence-electron chi connectivity index (χ2n) is 7.07. The molecule has 2 atom stereocenters. The maximum atomic E-state index is 11.4. The number of amides is 1. The van der Waals surface area contributed by atoms with Crippen LogP contribution in [0, 0.1) is 13.8 Å². The average Bonchev–Trinajstić information content (AvgIpc) is 2.97. The van der Waals surface area contributed by atoms with E-state index in [4.69, 9.17) is 10.5 Å². The summed E-state index contributed by atoms with van der Waals surface area (Å²) in [6, 6.07) is 0.572. The first kappa shape index (κ1) is 18.6. The van der Waals surface area contributed by atoms with E-state index >= 15 is 0 Å². The molecule has 0 spiro atoms. The third-order valence-corrected chi connectivity index (χ3v) is 5.13. The van der Waals surface area contributed by atoms with Gasteiger partial charge in [-0.25, -0.2) is 9.97 Å². The number of carbonyl (C=O) groups is 1. The van der Waals surface area contributed by atoms with Gasteiger partial charge in [0.1, 0.15) is 5.82 Å². The largest absolute Gasteiger partial charge is 0.377 e. The van der Waals surface area contributed by atoms with Gasteiger partial charge < -0.3 is 20.7 Å². The monoisotopic (exact) mass is 335 g/mol. The molecule has 0 aromatic carbocycles. The van der Waals surface area contributed by atoms with Crippen molar-refractivity contribution in [2.24, 2.45) is 5.73 Å². The van der Waals surface area contributed by atoms with Crippen molar-refractivity contribution in [3.8, 4) is 0 Å². The molecule has 1 aromatic heterocycles. The SMILES string of the molecule is COC(C)(C)C(C)N[C@@H]1CCN(c2nc(C(N)=O)nc(C)c2C)C1. The lowest BCUT2D eigenvalue weighted by Crippen LogP contribution is -2.50. The van der Waals surface area contributed by atoms with Crippen molar-refractivity contribution in [1.29, 1.82) is 0 Å². The normalized spacial score (nSPS) is 19.6. The Morgan fingerprint density at radius 1 is 1.42 bits per heavy atom. The predicted molar refractivity (Wildman–Crippen MR) is 94.3 cm³/mol. The molecule has 1 aromatic rings. The molecular formula is C17H29N5O2. The predicted octanol–water partition coefficient (Wildman–Crippen LogP) is 1.17. The van der Waals surface area contributed by atoms with Gasteiger partial charge in [-0.2, -0.15) is 0 Å². The molecule has 0 radical (unpaired) electrons. The number of carbonyl (C=O) groups excluding carboxylic acids is 1. The Balaban J connectivity index is 2.12. The van der Waals surface area contributed by atoms with Crippen molar-refractivity contribution in [3.05, 3.63) is 17.1 Å². The van der Waals surface area contributed by atoms with Crippen LogP contribution >= 0.6 is 0 Å². The number of primary amides is 1. The van der Waals surface area contributed by atoms with Crippen LogP contribution in [0.5, 0.6) is 0 Å². The van der Waals surface area contributed by atoms with Gasteiger partial charge in [0.05, 0.1) is 5.60 Å². The van der Waals surface area contributed by atoms with Crippen LogP contribution < -0.4 is 16.0 Å². The molecule has 1 saturated heterocycles. The fourth-order valence-corrected chi connectivity index (χ4v) is 2.85. The highest BCUT2D eigenvalue weighted by atomic mass is 16.5. The van der Waals surface area contributed by atoms with E-state index in [0.717, 1.165) is 36.6 Å². The van der Waals surface area contributed by atoms with E-state index in [2.05, 4.69) is 41.0 Å². The molecule has 0 bridgehead atoms. The smallest absolute Gasteiger partial charge is 0.286 e. The number of aromatic nitrogens is 2. The number of rotatable bonds is 6. The van der Waals surface area contributed by atoms with Gasteiger partial charge in [-0.1, -0.05) is 0 Å². The highest BCUT2D eigenvalue weighted by molar-refractivity contribution is 5.89. The van der Waals surface area contributed by atoms with Crippen molar-refractivity contribution in [3.63, 3.8) is 0 Å². The average molecular weight is 335 g/mol. The van der Waals surface area contributed by atoms with Crippen LogP contribution in [0.15, 0.2) is 0 Å². The summed E-state index contributed by atoms with van der Waals surface area (Å²) in [5.74, 6) is 0.293. The van der Waals surface area contributed by atoms with Crippen LogP contribution in [0.4, 0.5) is 5.82 Å². The van der Waals surface area contributed by atoms with E-state index < -0.39 is 5.91 Å². The molecule has 7 heteroatoms. The zero-order valence-corrected chi connectivity index (χ0v) is 15.5. The summed E-state index contributed by atoms with van der Waals surface area (Å²) in [5.41, 5.74) is 6.90. The van der Waals surface area contributed by atoms with Crippen molar-refractivity contribution < 1.29 is 9.53 Å². The van der Waals surface area contributed by atoms with E-state index in [1.54, 1.807) is 7.11 Å². The number of nitrogens with one attached hydrogen (secondary N) is 1. The molecule has 3 N–H and O–H groups in total. The first-order valence-corrected chi connectivity index (χ1v) is 8.37. The molecule has 1 fully saturated rings. The van der Waals surface area contributed by atoms with Crippen LogP contribution in [0.2, 0.25) is 0 Å². The van der Waals surface area contributed by atoms with Crippen LogP contribution in [0.1, 0.15) is 49.1 Å². The Morgan fingerprint density at radius 3 is 2.67 bits per heavy atom. The van der Waals surface area contributed by atoms with Crippen molar-refractivity contribution in [2.45, 2.75) is 58.7 Å². The number of anilines is 1. The zero-order chi connectivity index (χ0) is 18.1. The molecule has 2 rings (SSSR count). The Bertz CT molecular complexity index is 617. The lowest BCUT2D eigenvalue weighted by atomic mass is 9.99. The molecule has 24 heavy (non-hydrogen) atoms. The van der Waals surface area contributed by atoms with Crippen LogP contribution in [-0.4, -0.2) is 53.8 Å². The van der Waals surface area contributed by atoms with E-state index in [1.165, 1.54) is 0 Å². The molecular weight excluding hydrogens is 306 g/mol. The summed E-state index contributed by atoms with van der Waals surface area (Å²) in [4.78, 5) is 22.2. The number of aryl methyl sites for hydroxylation is 1. The fraction of sp³-hybridized carbons (Fsp3) is 0.706. The maximum absolute atomic E-state index is 11.4. The molecule has 1 amide bonds. The minimum Gasteiger partial charge on any atom is -0.377 e. The van der Waals surface area contributed by atoms with Gasteiger partial charge in [0, 0.05) is 43.5 Å². The minimum absolute atomic E-state index is 0.0818. The van der Waals surface area contributed by atoms with Crippen LogP contribution in [0.3, 0.4) is 0 Å². The molecule has 0 aliphatic carbocycles. The fourth-order valence-electron chi connectivity index (χ4n) is 2.85. The quantitative estimate of drug-likeness (QED) is 0.811. The second-order valence-corrected chi connectivity index (χ2v) is 7.07. The van der Waals surface area contributed by atoms with Crippen molar-refractivity contribution in [1.82, 2.24) is 15.3 Å². The highest BCUT2D eigenvalue weighted by Gasteiger charge is 2.31. The summed E-state index contributed by atoms with van der Waals surface area (Å²) in [5, 5.41) is 3.64. The molecule has 0 saturated carbocycles. The van der Waals surface area contributed by atoms with Gasteiger partial charge in [-0.05, 0) is 41.0 Å². The molecule has 1 aliphatic rings. The van der Waals surface area contributed by atoms with Crippen molar-refractivity contribution in [2.75, 3.05) is 25.1 Å². The number of ether oxygens (including phenoxy) is 1. The number of hydrogen-bond donors (Lipinski definition) is 2. The van der Waals surface area contributed by atoms with E-state index in [9.17, 15) is 4.79 Å². The standard InChI is InChI=1S/C17H29N5O2/c1-10-11(2)19-15(14(18)23)21-16(10)22-8-7-13(9-22)20-12(3)17(4,5)24-6/h12-13,20H,7-9H2,1-6H3,(H2,18,23)/t12?,13-/m1/s1. The number of hydrogen-bond acceptors (Lipinski definition) is 6. The zero-order valence-electron chi connectivity index (χ0n) is 15.5. The van der Waals surface area contributed by atoms with Gasteiger partial charge in [-0.3, -0.25) is 4.79 Å². The molecule has 1 aliphatic heterocycles. The Hall–Kier alpha value is -1.73. The molecule has 1 unspecified atom stereocenters. The topological polar surface area (TPSA) is 93.4 Å². The summed E-state index contributed by atoms with van der Waals surface area (Å²) in [6.07, 6.45) is 1.01. The molecule has 134 valence electrons. The summed E-state index contributed by atoms with van der Waals surface area (Å²) in [6.45, 7) is 11.9. The van der Waals surface area contributed by atoms with E-state index in [1.807, 2.05) is 13.8 Å².